The van der Waals surface area contributed by atoms with Crippen molar-refractivity contribution in [1.29, 1.82) is 5.26 Å². The van der Waals surface area contributed by atoms with E-state index in [-0.39, 0.29) is 0 Å². The summed E-state index contributed by atoms with van der Waals surface area (Å²) < 4.78 is 0. The molecular weight excluding hydrogens is 258 g/mol. The maximum atomic E-state index is 9.85. The van der Waals surface area contributed by atoms with Gasteiger partial charge in [-0.1, -0.05) is 44.2 Å². The zero-order chi connectivity index (χ0) is 15.7. The molecule has 3 nitrogen and oxygen atoms in total. The highest BCUT2D eigenvalue weighted by Gasteiger charge is 2.31. The van der Waals surface area contributed by atoms with E-state index in [1.807, 2.05) is 18.2 Å². The van der Waals surface area contributed by atoms with Crippen molar-refractivity contribution in [1.82, 2.24) is 10.2 Å². The molecule has 1 unspecified atom stereocenters. The predicted octanol–water partition coefficient (Wildman–Crippen LogP) is 3.53. The third-order valence-corrected chi connectivity index (χ3v) is 4.04. The lowest BCUT2D eigenvalue weighted by Gasteiger charge is -2.33. The number of nitriles is 1. The maximum Gasteiger partial charge on any atom is 0.133 e. The second-order valence-corrected chi connectivity index (χ2v) is 5.78. The van der Waals surface area contributed by atoms with Gasteiger partial charge in [-0.05, 0) is 45.3 Å². The van der Waals surface area contributed by atoms with Gasteiger partial charge >= 0.3 is 0 Å². The van der Waals surface area contributed by atoms with Crippen LogP contribution >= 0.6 is 0 Å². The Bertz CT molecular complexity index is 436. The van der Waals surface area contributed by atoms with Crippen molar-refractivity contribution in [3.05, 3.63) is 35.9 Å². The molecule has 1 rings (SSSR count). The van der Waals surface area contributed by atoms with Crippen molar-refractivity contribution in [3.8, 4) is 6.07 Å². The predicted molar refractivity (Wildman–Crippen MR) is 89.0 cm³/mol. The first-order valence-corrected chi connectivity index (χ1v) is 8.05. The molecular formula is C18H29N3. The Labute approximate surface area is 130 Å². The largest absolute Gasteiger partial charge is 0.301 e. The average molecular weight is 287 g/mol. The number of hydrogen-bond donors (Lipinski definition) is 1. The van der Waals surface area contributed by atoms with E-state index in [1.165, 1.54) is 0 Å². The summed E-state index contributed by atoms with van der Waals surface area (Å²) in [6, 6.07) is 13.2. The van der Waals surface area contributed by atoms with E-state index >= 15 is 0 Å². The normalized spacial score (nSPS) is 14.1. The number of nitrogens with zero attached hydrogens (tertiary/aromatic N) is 2. The Morgan fingerprint density at radius 3 is 2.38 bits per heavy atom. The minimum atomic E-state index is -0.584. The highest BCUT2D eigenvalue weighted by atomic mass is 15.1. The zero-order valence-corrected chi connectivity index (χ0v) is 13.9. The number of benzene rings is 1. The average Bonchev–Trinajstić information content (AvgIpc) is 2.51. The van der Waals surface area contributed by atoms with E-state index in [1.54, 1.807) is 0 Å². The molecule has 116 valence electrons. The first kappa shape index (κ1) is 17.7. The Morgan fingerprint density at radius 1 is 1.24 bits per heavy atom. The van der Waals surface area contributed by atoms with Gasteiger partial charge in [0.15, 0.2) is 0 Å². The van der Waals surface area contributed by atoms with Crippen LogP contribution in [0.4, 0.5) is 0 Å². The molecule has 1 atom stereocenters. The summed E-state index contributed by atoms with van der Waals surface area (Å²) in [5.41, 5.74) is 0.486. The van der Waals surface area contributed by atoms with Gasteiger partial charge in [0.2, 0.25) is 0 Å². The van der Waals surface area contributed by atoms with E-state index in [0.29, 0.717) is 6.04 Å². The smallest absolute Gasteiger partial charge is 0.133 e. The van der Waals surface area contributed by atoms with Crippen molar-refractivity contribution in [2.75, 3.05) is 19.6 Å². The van der Waals surface area contributed by atoms with Gasteiger partial charge in [-0.25, -0.2) is 0 Å². The molecule has 0 aromatic heterocycles. The second kappa shape index (κ2) is 8.81. The summed E-state index contributed by atoms with van der Waals surface area (Å²) in [4.78, 5) is 2.41. The highest BCUT2D eigenvalue weighted by molar-refractivity contribution is 5.31. The molecule has 0 spiro atoms. The molecule has 0 amide bonds. The summed E-state index contributed by atoms with van der Waals surface area (Å²) >= 11 is 0. The van der Waals surface area contributed by atoms with Crippen molar-refractivity contribution in [2.45, 2.75) is 52.1 Å². The van der Waals surface area contributed by atoms with Crippen molar-refractivity contribution in [3.63, 3.8) is 0 Å². The molecule has 0 radical (unpaired) electrons. The van der Waals surface area contributed by atoms with Gasteiger partial charge in [-0.2, -0.15) is 5.26 Å². The lowest BCUT2D eigenvalue weighted by Crippen LogP contribution is -2.45. The SMILES string of the molecule is CCCNC(C#N)(CCN(CC)C(C)C)c1ccccc1. The van der Waals surface area contributed by atoms with Crippen molar-refractivity contribution >= 4 is 0 Å². The minimum Gasteiger partial charge on any atom is -0.301 e. The molecule has 21 heavy (non-hydrogen) atoms. The molecule has 0 aliphatic heterocycles. The van der Waals surface area contributed by atoms with Crippen molar-refractivity contribution < 1.29 is 0 Å². The van der Waals surface area contributed by atoms with E-state index < -0.39 is 5.54 Å². The van der Waals surface area contributed by atoms with E-state index in [4.69, 9.17) is 0 Å². The fraction of sp³-hybridized carbons (Fsp3) is 0.611. The standard InChI is InChI=1S/C18H29N3/c1-5-13-20-18(15-19,17-10-8-7-9-11-17)12-14-21(6-2)16(3)4/h7-11,16,20H,5-6,12-14H2,1-4H3. The van der Waals surface area contributed by atoms with Crippen LogP contribution in [-0.4, -0.2) is 30.6 Å². The zero-order valence-electron chi connectivity index (χ0n) is 13.9. The van der Waals surface area contributed by atoms with Crippen molar-refractivity contribution in [2.24, 2.45) is 0 Å². The van der Waals surface area contributed by atoms with Crippen LogP contribution in [0.1, 0.15) is 46.1 Å². The first-order chi connectivity index (χ1) is 10.1. The third kappa shape index (κ3) is 4.84. The van der Waals surface area contributed by atoms with Crippen LogP contribution in [0.25, 0.3) is 0 Å². The summed E-state index contributed by atoms with van der Waals surface area (Å²) in [5.74, 6) is 0. The van der Waals surface area contributed by atoms with Crippen LogP contribution in [0.2, 0.25) is 0 Å². The molecule has 1 aromatic carbocycles. The summed E-state index contributed by atoms with van der Waals surface area (Å²) in [7, 11) is 0. The van der Waals surface area contributed by atoms with Gasteiger partial charge in [0.25, 0.3) is 0 Å². The fourth-order valence-corrected chi connectivity index (χ4v) is 2.65. The molecule has 3 heteroatoms. The summed E-state index contributed by atoms with van der Waals surface area (Å²) in [6.07, 6.45) is 1.83. The van der Waals surface area contributed by atoms with Gasteiger partial charge in [-0.15, -0.1) is 0 Å². The van der Waals surface area contributed by atoms with Gasteiger partial charge in [0.1, 0.15) is 5.54 Å². The number of rotatable bonds is 9. The Balaban J connectivity index is 2.94. The molecule has 1 N–H and O–H groups in total. The molecule has 0 saturated heterocycles. The van der Waals surface area contributed by atoms with Gasteiger partial charge in [0, 0.05) is 12.6 Å². The number of hydrogen-bond acceptors (Lipinski definition) is 3. The molecule has 0 saturated carbocycles. The van der Waals surface area contributed by atoms with Gasteiger partial charge in [-0.3, -0.25) is 5.32 Å². The Hall–Kier alpha value is -1.37. The van der Waals surface area contributed by atoms with Crippen LogP contribution in [0.5, 0.6) is 0 Å². The van der Waals surface area contributed by atoms with E-state index in [9.17, 15) is 5.26 Å². The van der Waals surface area contributed by atoms with Crippen LogP contribution in [0, 0.1) is 11.3 Å². The Kier molecular flexibility index (Phi) is 7.42. The number of nitrogens with one attached hydrogen (secondary N) is 1. The van der Waals surface area contributed by atoms with Crippen LogP contribution in [0.15, 0.2) is 30.3 Å². The first-order valence-electron chi connectivity index (χ1n) is 8.05. The third-order valence-electron chi connectivity index (χ3n) is 4.04. The molecule has 0 aliphatic carbocycles. The van der Waals surface area contributed by atoms with Gasteiger partial charge in [0.05, 0.1) is 6.07 Å². The molecule has 1 aromatic rings. The quantitative estimate of drug-likeness (QED) is 0.755. The van der Waals surface area contributed by atoms with Gasteiger partial charge < -0.3 is 4.90 Å². The molecule has 0 fully saturated rings. The second-order valence-electron chi connectivity index (χ2n) is 5.78. The van der Waals surface area contributed by atoms with Crippen LogP contribution in [-0.2, 0) is 5.54 Å². The lowest BCUT2D eigenvalue weighted by atomic mass is 9.87. The highest BCUT2D eigenvalue weighted by Crippen LogP contribution is 2.25. The minimum absolute atomic E-state index is 0.508. The monoisotopic (exact) mass is 287 g/mol. The lowest BCUT2D eigenvalue weighted by molar-refractivity contribution is 0.207. The van der Waals surface area contributed by atoms with E-state index in [2.05, 4.69) is 56.1 Å². The van der Waals surface area contributed by atoms with Crippen LogP contribution in [0.3, 0.4) is 0 Å². The molecule has 0 aliphatic rings. The fourth-order valence-electron chi connectivity index (χ4n) is 2.65. The topological polar surface area (TPSA) is 39.1 Å². The Morgan fingerprint density at radius 2 is 1.90 bits per heavy atom. The maximum absolute atomic E-state index is 9.85. The van der Waals surface area contributed by atoms with E-state index in [0.717, 1.165) is 38.0 Å². The molecule has 0 heterocycles. The molecule has 0 bridgehead atoms. The summed E-state index contributed by atoms with van der Waals surface area (Å²) in [5, 5.41) is 13.3. The summed E-state index contributed by atoms with van der Waals surface area (Å²) in [6.45, 7) is 11.5. The van der Waals surface area contributed by atoms with Crippen LogP contribution < -0.4 is 5.32 Å².